The Morgan fingerprint density at radius 3 is 2.50 bits per heavy atom. The number of aliphatic hydroxyl groups excluding tert-OH is 5. The number of ether oxygens (including phenoxy) is 3. The smallest absolute Gasteiger partial charge is 0.207 e. The number of aliphatic hydroxyl groups is 6. The number of hydrogen-bond acceptors (Lipinski definition) is 9. The summed E-state index contributed by atoms with van der Waals surface area (Å²) in [7, 11) is 0. The van der Waals surface area contributed by atoms with Crippen LogP contribution in [0, 0.1) is 11.8 Å². The molecule has 0 bridgehead atoms. The highest BCUT2D eigenvalue weighted by Crippen LogP contribution is 2.46. The van der Waals surface area contributed by atoms with Crippen LogP contribution in [0.4, 0.5) is 0 Å². The fourth-order valence-electron chi connectivity index (χ4n) is 3.80. The van der Waals surface area contributed by atoms with E-state index in [0.717, 1.165) is 0 Å². The lowest BCUT2D eigenvalue weighted by Crippen LogP contribution is -2.60. The molecule has 3 rings (SSSR count). The largest absolute Gasteiger partial charge is 0.472 e. The predicted octanol–water partition coefficient (Wildman–Crippen LogP) is -2.58. The van der Waals surface area contributed by atoms with Crippen LogP contribution in [-0.4, -0.2) is 85.9 Å². The first-order valence-corrected chi connectivity index (χ1v) is 7.95. The minimum Gasteiger partial charge on any atom is -0.472 e. The van der Waals surface area contributed by atoms with Crippen LogP contribution in [0.25, 0.3) is 0 Å². The Bertz CT molecular complexity index is 480. The van der Waals surface area contributed by atoms with Gasteiger partial charge in [-0.1, -0.05) is 0 Å². The van der Waals surface area contributed by atoms with E-state index in [-0.39, 0.29) is 12.3 Å². The van der Waals surface area contributed by atoms with Crippen molar-refractivity contribution in [1.29, 1.82) is 0 Å². The lowest BCUT2D eigenvalue weighted by Gasteiger charge is -2.43. The molecule has 2 unspecified atom stereocenters. The number of fused-ring (bicyclic) bond motifs is 1. The maximum atomic E-state index is 10.5. The van der Waals surface area contributed by atoms with Gasteiger partial charge < -0.3 is 44.8 Å². The van der Waals surface area contributed by atoms with E-state index < -0.39 is 61.2 Å². The lowest BCUT2D eigenvalue weighted by molar-refractivity contribution is -0.346. The van der Waals surface area contributed by atoms with Gasteiger partial charge in [0.1, 0.15) is 24.4 Å². The molecule has 10 atom stereocenters. The molecule has 24 heavy (non-hydrogen) atoms. The molecule has 6 N–H and O–H groups in total. The van der Waals surface area contributed by atoms with Crippen LogP contribution in [0.1, 0.15) is 13.3 Å². The molecule has 0 amide bonds. The van der Waals surface area contributed by atoms with Crippen LogP contribution in [0.5, 0.6) is 0 Å². The monoisotopic (exact) mass is 348 g/mol. The number of rotatable bonds is 3. The third kappa shape index (κ3) is 2.95. The third-order valence-electron chi connectivity index (χ3n) is 5.12. The summed E-state index contributed by atoms with van der Waals surface area (Å²) in [5.41, 5.74) is -1.26. The average Bonchev–Trinajstić information content (AvgIpc) is 2.78. The molecule has 2 fully saturated rings. The van der Waals surface area contributed by atoms with Crippen molar-refractivity contribution in [1.82, 2.24) is 0 Å². The van der Waals surface area contributed by atoms with Crippen molar-refractivity contribution in [2.24, 2.45) is 11.8 Å². The standard InChI is InChI=1S/C15H24O9/c1-15(21)4-7(17)6-2-3-22-13(9(6)15)24-14-12(20)11(19)10(18)8(5-16)23-14/h2-3,6-14,16-21H,4-5H2,1H3/t6?,7-,8-,9?,10-,11+,12-,13+,14+,15+/m1/s1. The van der Waals surface area contributed by atoms with E-state index in [1.165, 1.54) is 6.26 Å². The van der Waals surface area contributed by atoms with E-state index in [4.69, 9.17) is 14.2 Å². The van der Waals surface area contributed by atoms with Crippen LogP contribution in [0.2, 0.25) is 0 Å². The molecule has 9 heteroatoms. The van der Waals surface area contributed by atoms with Crippen molar-refractivity contribution in [2.75, 3.05) is 6.61 Å². The van der Waals surface area contributed by atoms with Crippen molar-refractivity contribution in [3.63, 3.8) is 0 Å². The van der Waals surface area contributed by atoms with Crippen molar-refractivity contribution in [3.05, 3.63) is 12.3 Å². The summed E-state index contributed by atoms with van der Waals surface area (Å²) in [5.74, 6) is -0.992. The number of hydrogen-bond donors (Lipinski definition) is 6. The minimum absolute atomic E-state index is 0.143. The zero-order chi connectivity index (χ0) is 17.6. The summed E-state index contributed by atoms with van der Waals surface area (Å²) in [6, 6.07) is 0. The topological polar surface area (TPSA) is 149 Å². The van der Waals surface area contributed by atoms with Gasteiger partial charge >= 0.3 is 0 Å². The van der Waals surface area contributed by atoms with E-state index in [1.807, 2.05) is 0 Å². The summed E-state index contributed by atoms with van der Waals surface area (Å²) in [5, 5.41) is 59.5. The van der Waals surface area contributed by atoms with E-state index in [1.54, 1.807) is 13.0 Å². The Balaban J connectivity index is 1.76. The van der Waals surface area contributed by atoms with Gasteiger partial charge in [0, 0.05) is 12.3 Å². The SMILES string of the molecule is C[C@]1(O)C[C@@H](O)C2C=CO[C@@H](O[C@@H]3O[C@H](CO)[C@@H](O)[C@H](O)[C@H]3O)C21. The Morgan fingerprint density at radius 1 is 1.12 bits per heavy atom. The minimum atomic E-state index is -1.56. The second kappa shape index (κ2) is 6.50. The Hall–Kier alpha value is -0.780. The van der Waals surface area contributed by atoms with E-state index in [9.17, 15) is 30.6 Å². The van der Waals surface area contributed by atoms with Crippen molar-refractivity contribution < 1.29 is 44.8 Å². The van der Waals surface area contributed by atoms with E-state index in [0.29, 0.717) is 0 Å². The highest BCUT2D eigenvalue weighted by atomic mass is 16.8. The molecule has 1 saturated heterocycles. The third-order valence-corrected chi connectivity index (χ3v) is 5.12. The molecule has 138 valence electrons. The molecule has 0 aromatic rings. The fourth-order valence-corrected chi connectivity index (χ4v) is 3.80. The zero-order valence-electron chi connectivity index (χ0n) is 13.2. The molecule has 2 aliphatic heterocycles. The van der Waals surface area contributed by atoms with Gasteiger partial charge in [-0.2, -0.15) is 0 Å². The van der Waals surface area contributed by atoms with E-state index >= 15 is 0 Å². The van der Waals surface area contributed by atoms with Crippen molar-refractivity contribution in [3.8, 4) is 0 Å². The Labute approximate surface area is 138 Å². The summed E-state index contributed by atoms with van der Waals surface area (Å²) >= 11 is 0. The van der Waals surface area contributed by atoms with E-state index in [2.05, 4.69) is 0 Å². The molecule has 2 heterocycles. The highest BCUT2D eigenvalue weighted by Gasteiger charge is 2.56. The summed E-state index contributed by atoms with van der Waals surface area (Å²) in [6.07, 6.45) is -5.74. The first kappa shape index (κ1) is 18.0. The molecule has 0 aromatic heterocycles. The van der Waals surface area contributed by atoms with Gasteiger partial charge in [0.25, 0.3) is 0 Å². The Morgan fingerprint density at radius 2 is 1.83 bits per heavy atom. The second-order valence-corrected chi connectivity index (χ2v) is 6.90. The van der Waals surface area contributed by atoms with Crippen molar-refractivity contribution in [2.45, 2.75) is 62.0 Å². The Kier molecular flexibility index (Phi) is 4.89. The van der Waals surface area contributed by atoms with Gasteiger partial charge in [0.2, 0.25) is 6.29 Å². The van der Waals surface area contributed by atoms with Crippen LogP contribution in [0.3, 0.4) is 0 Å². The molecule has 0 aromatic carbocycles. The molecule has 1 saturated carbocycles. The first-order chi connectivity index (χ1) is 11.3. The first-order valence-electron chi connectivity index (χ1n) is 7.95. The molecular weight excluding hydrogens is 324 g/mol. The van der Waals surface area contributed by atoms with Crippen molar-refractivity contribution >= 4 is 0 Å². The maximum absolute atomic E-state index is 10.5. The molecular formula is C15H24O9. The highest BCUT2D eigenvalue weighted by molar-refractivity contribution is 5.10. The van der Waals surface area contributed by atoms with Gasteiger partial charge in [-0.3, -0.25) is 0 Å². The summed E-state index contributed by atoms with van der Waals surface area (Å²) < 4.78 is 16.3. The van der Waals surface area contributed by atoms with Crippen LogP contribution in [0.15, 0.2) is 12.3 Å². The van der Waals surface area contributed by atoms with Gasteiger partial charge in [0.05, 0.1) is 30.5 Å². The molecule has 1 aliphatic carbocycles. The summed E-state index contributed by atoms with van der Waals surface area (Å²) in [6.45, 7) is 0.992. The molecule has 0 radical (unpaired) electrons. The second-order valence-electron chi connectivity index (χ2n) is 6.90. The zero-order valence-corrected chi connectivity index (χ0v) is 13.2. The van der Waals surface area contributed by atoms with Crippen LogP contribution < -0.4 is 0 Å². The summed E-state index contributed by atoms with van der Waals surface area (Å²) in [4.78, 5) is 0. The molecule has 3 aliphatic rings. The predicted molar refractivity (Wildman–Crippen MR) is 77.1 cm³/mol. The van der Waals surface area contributed by atoms with Gasteiger partial charge in [-0.05, 0) is 13.0 Å². The quantitative estimate of drug-likeness (QED) is 0.323. The lowest BCUT2D eigenvalue weighted by atomic mass is 9.85. The van der Waals surface area contributed by atoms with Gasteiger partial charge in [-0.15, -0.1) is 0 Å². The van der Waals surface area contributed by atoms with Crippen LogP contribution >= 0.6 is 0 Å². The molecule has 0 spiro atoms. The average molecular weight is 348 g/mol. The normalized spacial score (nSPS) is 54.4. The fraction of sp³-hybridized carbons (Fsp3) is 0.867. The van der Waals surface area contributed by atoms with Gasteiger partial charge in [-0.25, -0.2) is 0 Å². The maximum Gasteiger partial charge on any atom is 0.207 e. The van der Waals surface area contributed by atoms with Gasteiger partial charge in [0.15, 0.2) is 6.29 Å². The van der Waals surface area contributed by atoms with Crippen LogP contribution in [-0.2, 0) is 14.2 Å². The molecule has 9 nitrogen and oxygen atoms in total.